The molecule has 0 spiro atoms. The van der Waals surface area contributed by atoms with E-state index in [0.717, 1.165) is 18.7 Å². The van der Waals surface area contributed by atoms with Crippen molar-refractivity contribution in [2.45, 2.75) is 12.5 Å². The van der Waals surface area contributed by atoms with Crippen LogP contribution in [0.25, 0.3) is 0 Å². The Bertz CT molecular complexity index is 585. The molecule has 0 saturated heterocycles. The van der Waals surface area contributed by atoms with Gasteiger partial charge in [0.15, 0.2) is 11.5 Å². The zero-order valence-electron chi connectivity index (χ0n) is 10.5. The first kappa shape index (κ1) is 14.4. The molecule has 0 radical (unpaired) electrons. The highest BCUT2D eigenvalue weighted by molar-refractivity contribution is 7.10. The van der Waals surface area contributed by atoms with E-state index in [0.29, 0.717) is 0 Å². The molecule has 0 aliphatic carbocycles. The highest BCUT2D eigenvalue weighted by atomic mass is 79.9. The summed E-state index contributed by atoms with van der Waals surface area (Å²) in [7, 11) is 2.11. The number of phenolic OH excluding ortho intramolecular Hbond substituents is 2. The minimum Gasteiger partial charge on any atom is -1.00 e. The molecule has 3 rings (SSSR count). The van der Waals surface area contributed by atoms with Crippen LogP contribution in [0.4, 0.5) is 0 Å². The molecule has 1 aliphatic heterocycles. The van der Waals surface area contributed by atoms with E-state index in [1.165, 1.54) is 10.4 Å². The molecule has 1 aliphatic rings. The van der Waals surface area contributed by atoms with Gasteiger partial charge in [0, 0.05) is 23.9 Å². The summed E-state index contributed by atoms with van der Waals surface area (Å²) in [6.07, 6.45) is 0. The van der Waals surface area contributed by atoms with Gasteiger partial charge in [0.05, 0.1) is 0 Å². The fourth-order valence-corrected chi connectivity index (χ4v) is 3.57. The Kier molecular flexibility index (Phi) is 4.18. The maximum Gasteiger partial charge on any atom is 0.157 e. The zero-order valence-corrected chi connectivity index (χ0v) is 12.9. The quantitative estimate of drug-likeness (QED) is 0.703. The van der Waals surface area contributed by atoms with Crippen molar-refractivity contribution in [2.75, 3.05) is 13.6 Å². The van der Waals surface area contributed by atoms with Crippen LogP contribution in [-0.2, 0) is 6.54 Å². The van der Waals surface area contributed by atoms with Crippen molar-refractivity contribution >= 4 is 11.3 Å². The lowest BCUT2D eigenvalue weighted by molar-refractivity contribution is -0.00000537. The summed E-state index contributed by atoms with van der Waals surface area (Å²) in [6, 6.07) is 7.29. The molecule has 1 aromatic carbocycles. The van der Waals surface area contributed by atoms with E-state index >= 15 is 0 Å². The van der Waals surface area contributed by atoms with Crippen LogP contribution in [0.15, 0.2) is 29.6 Å². The maximum absolute atomic E-state index is 9.63. The van der Waals surface area contributed by atoms with Gasteiger partial charge in [-0.2, -0.15) is 0 Å². The summed E-state index contributed by atoms with van der Waals surface area (Å²) in [4.78, 5) is 3.68. The lowest BCUT2D eigenvalue weighted by atomic mass is 9.88. The lowest BCUT2D eigenvalue weighted by Crippen LogP contribution is -3.00. The van der Waals surface area contributed by atoms with Crippen LogP contribution in [0.3, 0.4) is 0 Å². The van der Waals surface area contributed by atoms with Crippen molar-refractivity contribution in [2.24, 2.45) is 0 Å². The van der Waals surface area contributed by atoms with Gasteiger partial charge in [-0.05, 0) is 41.8 Å². The average Bonchev–Trinajstić information content (AvgIpc) is 2.79. The summed E-state index contributed by atoms with van der Waals surface area (Å²) in [5, 5.41) is 21.1. The van der Waals surface area contributed by atoms with Gasteiger partial charge in [0.25, 0.3) is 0 Å². The molecule has 102 valence electrons. The van der Waals surface area contributed by atoms with Crippen LogP contribution < -0.4 is 17.0 Å². The van der Waals surface area contributed by atoms with Crippen molar-refractivity contribution in [1.82, 2.24) is 4.90 Å². The predicted octanol–water partition coefficient (Wildman–Crippen LogP) is -0.259. The minimum atomic E-state index is -0.0616. The average molecular weight is 341 g/mol. The Hall–Kier alpha value is -1.04. The number of halogens is 1. The van der Waals surface area contributed by atoms with Crippen molar-refractivity contribution in [3.05, 3.63) is 45.6 Å². The van der Waals surface area contributed by atoms with E-state index in [1.807, 2.05) is 6.07 Å². The number of hydrogen-bond acceptors (Lipinski definition) is 4. The predicted molar refractivity (Wildman–Crippen MR) is 72.3 cm³/mol. The van der Waals surface area contributed by atoms with Gasteiger partial charge in [0.1, 0.15) is 0 Å². The normalized spacial score (nSPS) is 18.7. The number of phenols is 2. The highest BCUT2D eigenvalue weighted by Gasteiger charge is 2.26. The summed E-state index contributed by atoms with van der Waals surface area (Å²) in [6.45, 7) is 1.93. The minimum absolute atomic E-state index is 0. The molecule has 0 amide bonds. The Morgan fingerprint density at radius 2 is 2.00 bits per heavy atom. The molecule has 19 heavy (non-hydrogen) atoms. The molecule has 0 saturated carbocycles. The first-order chi connectivity index (χ1) is 8.65. The van der Waals surface area contributed by atoms with E-state index in [2.05, 4.69) is 23.4 Å². The molecule has 2 heterocycles. The van der Waals surface area contributed by atoms with Crippen LogP contribution in [0.5, 0.6) is 11.5 Å². The summed E-state index contributed by atoms with van der Waals surface area (Å²) in [5.41, 5.74) is 2.40. The van der Waals surface area contributed by atoms with Crippen molar-refractivity contribution in [1.29, 1.82) is 0 Å². The second-order valence-corrected chi connectivity index (χ2v) is 5.80. The van der Waals surface area contributed by atoms with Gasteiger partial charge < -0.3 is 32.1 Å². The van der Waals surface area contributed by atoms with Crippen LogP contribution in [0.1, 0.15) is 21.9 Å². The number of thiophene rings is 1. The molecular formula is C14H15BrNO2S-. The highest BCUT2D eigenvalue weighted by Crippen LogP contribution is 2.38. The number of likely N-dealkylation sites (N-methyl/N-ethyl adjacent to an activating group) is 1. The first-order valence-corrected chi connectivity index (χ1v) is 6.80. The molecule has 0 bridgehead atoms. The van der Waals surface area contributed by atoms with Crippen LogP contribution in [0, 0.1) is 0 Å². The van der Waals surface area contributed by atoms with Crippen molar-refractivity contribution < 1.29 is 27.2 Å². The number of benzene rings is 1. The molecular weight excluding hydrogens is 326 g/mol. The molecule has 1 atom stereocenters. The van der Waals surface area contributed by atoms with Gasteiger partial charge >= 0.3 is 0 Å². The third-order valence-electron chi connectivity index (χ3n) is 3.46. The van der Waals surface area contributed by atoms with E-state index in [4.69, 9.17) is 0 Å². The third-order valence-corrected chi connectivity index (χ3v) is 4.39. The van der Waals surface area contributed by atoms with Gasteiger partial charge in [-0.15, -0.1) is 11.3 Å². The van der Waals surface area contributed by atoms with E-state index in [-0.39, 0.29) is 34.4 Å². The largest absolute Gasteiger partial charge is 1.00 e. The molecule has 1 unspecified atom stereocenters. The first-order valence-electron chi connectivity index (χ1n) is 5.92. The third kappa shape index (κ3) is 2.63. The number of hydrogen-bond donors (Lipinski definition) is 2. The molecule has 2 aromatic rings. The Balaban J connectivity index is 0.00000133. The fraction of sp³-hybridized carbons (Fsp3) is 0.286. The van der Waals surface area contributed by atoms with Crippen LogP contribution in [0.2, 0.25) is 0 Å². The molecule has 1 aromatic heterocycles. The number of aromatic hydroxyl groups is 2. The second kappa shape index (κ2) is 5.53. The second-order valence-electron chi connectivity index (χ2n) is 4.80. The maximum atomic E-state index is 9.63. The zero-order chi connectivity index (χ0) is 12.7. The van der Waals surface area contributed by atoms with Crippen molar-refractivity contribution in [3.8, 4) is 11.5 Å². The van der Waals surface area contributed by atoms with Crippen LogP contribution >= 0.6 is 11.3 Å². The lowest BCUT2D eigenvalue weighted by Gasteiger charge is -2.30. The van der Waals surface area contributed by atoms with E-state index in [9.17, 15) is 10.2 Å². The van der Waals surface area contributed by atoms with E-state index in [1.54, 1.807) is 23.5 Å². The van der Waals surface area contributed by atoms with Gasteiger partial charge in [-0.25, -0.2) is 0 Å². The molecule has 5 heteroatoms. The fourth-order valence-electron chi connectivity index (χ4n) is 2.55. The molecule has 3 nitrogen and oxygen atoms in total. The topological polar surface area (TPSA) is 43.7 Å². The Morgan fingerprint density at radius 3 is 2.74 bits per heavy atom. The van der Waals surface area contributed by atoms with Gasteiger partial charge in [-0.1, -0.05) is 6.07 Å². The van der Waals surface area contributed by atoms with Crippen LogP contribution in [-0.4, -0.2) is 28.7 Å². The smallest absolute Gasteiger partial charge is 0.157 e. The summed E-state index contributed by atoms with van der Waals surface area (Å²) in [5.74, 6) is 0.169. The Morgan fingerprint density at radius 1 is 1.21 bits per heavy atom. The summed E-state index contributed by atoms with van der Waals surface area (Å²) < 4.78 is 0. The SMILES string of the molecule is CN1Cc2sccc2C(c2ccc(O)c(O)c2)C1.[Br-]. The Labute approximate surface area is 126 Å². The van der Waals surface area contributed by atoms with Crippen molar-refractivity contribution in [3.63, 3.8) is 0 Å². The standard InChI is InChI=1S/C14H15NO2S.BrH/c1-15-7-11(10-4-5-18-14(10)8-15)9-2-3-12(16)13(17)6-9;/h2-6,11,16-17H,7-8H2,1H3;1H/p-1. The molecule has 0 fully saturated rings. The summed E-state index contributed by atoms with van der Waals surface area (Å²) >= 11 is 1.78. The van der Waals surface area contributed by atoms with E-state index < -0.39 is 0 Å². The number of rotatable bonds is 1. The van der Waals surface area contributed by atoms with Gasteiger partial charge in [-0.3, -0.25) is 0 Å². The van der Waals surface area contributed by atoms with Gasteiger partial charge in [0.2, 0.25) is 0 Å². The monoisotopic (exact) mass is 340 g/mol. The number of nitrogens with zero attached hydrogens (tertiary/aromatic N) is 1. The molecule has 2 N–H and O–H groups in total. The number of fused-ring (bicyclic) bond motifs is 1.